The van der Waals surface area contributed by atoms with Crippen molar-refractivity contribution in [3.8, 4) is 28.7 Å². The minimum Gasteiger partial charge on any atom is -0.497 e. The van der Waals surface area contributed by atoms with Gasteiger partial charge in [-0.3, -0.25) is 0 Å². The van der Waals surface area contributed by atoms with Gasteiger partial charge in [-0.2, -0.15) is 4.98 Å². The summed E-state index contributed by atoms with van der Waals surface area (Å²) in [6.45, 7) is 0.777. The van der Waals surface area contributed by atoms with Crippen LogP contribution in [0.25, 0.3) is 23.0 Å². The van der Waals surface area contributed by atoms with Crippen molar-refractivity contribution in [2.75, 3.05) is 7.11 Å². The van der Waals surface area contributed by atoms with Crippen LogP contribution in [-0.2, 0) is 17.9 Å². The first-order valence-corrected chi connectivity index (χ1v) is 9.47. The van der Waals surface area contributed by atoms with Crippen molar-refractivity contribution in [1.29, 1.82) is 0 Å². The number of nitrogens with zero attached hydrogens (tertiary/aromatic N) is 5. The molecule has 0 spiro atoms. The van der Waals surface area contributed by atoms with Crippen LogP contribution in [0.1, 0.15) is 17.4 Å². The maximum Gasteiger partial charge on any atom is 0.259 e. The molecule has 3 heterocycles. The highest BCUT2D eigenvalue weighted by molar-refractivity contribution is 6.33. The standard InChI is InChI=1S/C20H15ClFN5O3/c1-28-13-5-2-11(3-6-13)17-9-27-16(10-29-17)18(24-26-27)19-23-20(30-25-19)14-8-12(22)4-7-15(14)21/h2-8,17H,9-10H2,1H3. The highest BCUT2D eigenvalue weighted by atomic mass is 35.5. The summed E-state index contributed by atoms with van der Waals surface area (Å²) in [6, 6.07) is 11.6. The summed E-state index contributed by atoms with van der Waals surface area (Å²) in [4.78, 5) is 4.32. The fourth-order valence-electron chi connectivity index (χ4n) is 3.30. The minimum atomic E-state index is -0.451. The molecule has 2 aromatic heterocycles. The molecule has 5 rings (SSSR count). The SMILES string of the molecule is COc1ccc(C2Cn3nnc(-c4noc(-c5cc(F)ccc5Cl)n4)c3CO2)cc1. The molecule has 8 nitrogen and oxygen atoms in total. The van der Waals surface area contributed by atoms with Gasteiger partial charge in [-0.1, -0.05) is 34.1 Å². The van der Waals surface area contributed by atoms with E-state index >= 15 is 0 Å². The van der Waals surface area contributed by atoms with Crippen molar-refractivity contribution in [2.45, 2.75) is 19.3 Å². The molecule has 0 amide bonds. The Hall–Kier alpha value is -3.30. The number of fused-ring (bicyclic) bond motifs is 1. The lowest BCUT2D eigenvalue weighted by Crippen LogP contribution is -2.22. The van der Waals surface area contributed by atoms with Gasteiger partial charge in [-0.15, -0.1) is 5.10 Å². The monoisotopic (exact) mass is 427 g/mol. The van der Waals surface area contributed by atoms with Gasteiger partial charge in [-0.05, 0) is 35.9 Å². The molecular weight excluding hydrogens is 413 g/mol. The van der Waals surface area contributed by atoms with E-state index < -0.39 is 5.82 Å². The molecule has 0 aliphatic carbocycles. The molecule has 1 atom stereocenters. The topological polar surface area (TPSA) is 88.1 Å². The quantitative estimate of drug-likeness (QED) is 0.485. The molecule has 0 N–H and O–H groups in total. The van der Waals surface area contributed by atoms with Gasteiger partial charge in [0.1, 0.15) is 17.7 Å². The highest BCUT2D eigenvalue weighted by Gasteiger charge is 2.28. The van der Waals surface area contributed by atoms with E-state index in [1.807, 2.05) is 24.3 Å². The number of ether oxygens (including phenoxy) is 2. The van der Waals surface area contributed by atoms with Crippen molar-refractivity contribution in [1.82, 2.24) is 25.1 Å². The third kappa shape index (κ3) is 3.31. The van der Waals surface area contributed by atoms with Crippen molar-refractivity contribution in [3.63, 3.8) is 0 Å². The molecule has 4 aromatic rings. The Kier molecular flexibility index (Phi) is 4.68. The van der Waals surface area contributed by atoms with Gasteiger partial charge < -0.3 is 14.0 Å². The van der Waals surface area contributed by atoms with Crippen molar-refractivity contribution >= 4 is 11.6 Å². The minimum absolute atomic E-state index is 0.101. The van der Waals surface area contributed by atoms with E-state index in [4.69, 9.17) is 25.6 Å². The highest BCUT2D eigenvalue weighted by Crippen LogP contribution is 2.32. The molecule has 0 saturated heterocycles. The zero-order valence-electron chi connectivity index (χ0n) is 15.7. The van der Waals surface area contributed by atoms with E-state index in [1.54, 1.807) is 11.8 Å². The Balaban J connectivity index is 1.41. The van der Waals surface area contributed by atoms with E-state index in [0.29, 0.717) is 22.8 Å². The lowest BCUT2D eigenvalue weighted by atomic mass is 10.1. The summed E-state index contributed by atoms with van der Waals surface area (Å²) in [5, 5.41) is 12.7. The molecule has 0 saturated carbocycles. The van der Waals surface area contributed by atoms with Crippen LogP contribution in [0.4, 0.5) is 4.39 Å². The van der Waals surface area contributed by atoms with Gasteiger partial charge in [0.15, 0.2) is 5.69 Å². The van der Waals surface area contributed by atoms with Crippen LogP contribution in [-0.4, -0.2) is 32.2 Å². The van der Waals surface area contributed by atoms with Crippen molar-refractivity contribution < 1.29 is 18.4 Å². The molecule has 2 aromatic carbocycles. The number of halogens is 2. The van der Waals surface area contributed by atoms with Gasteiger partial charge in [-0.25, -0.2) is 9.07 Å². The van der Waals surface area contributed by atoms with Gasteiger partial charge in [0, 0.05) is 0 Å². The molecule has 1 aliphatic rings. The van der Waals surface area contributed by atoms with Crippen LogP contribution in [0.2, 0.25) is 5.02 Å². The Labute approximate surface area is 175 Å². The first-order valence-electron chi connectivity index (χ1n) is 9.10. The zero-order chi connectivity index (χ0) is 20.7. The second kappa shape index (κ2) is 7.51. The maximum absolute atomic E-state index is 13.6. The first-order chi connectivity index (χ1) is 14.6. The van der Waals surface area contributed by atoms with Crippen LogP contribution < -0.4 is 4.74 Å². The number of hydrogen-bond donors (Lipinski definition) is 0. The first kappa shape index (κ1) is 18.7. The smallest absolute Gasteiger partial charge is 0.259 e. The Morgan fingerprint density at radius 1 is 1.20 bits per heavy atom. The van der Waals surface area contributed by atoms with E-state index in [9.17, 15) is 4.39 Å². The summed E-state index contributed by atoms with van der Waals surface area (Å²) < 4.78 is 31.8. The van der Waals surface area contributed by atoms with E-state index in [-0.39, 0.29) is 24.4 Å². The average molecular weight is 428 g/mol. The molecule has 1 aliphatic heterocycles. The van der Waals surface area contributed by atoms with Gasteiger partial charge >= 0.3 is 0 Å². The largest absolute Gasteiger partial charge is 0.497 e. The van der Waals surface area contributed by atoms with Crippen LogP contribution in [0.3, 0.4) is 0 Å². The summed E-state index contributed by atoms with van der Waals surface area (Å²) in [6.07, 6.45) is -0.162. The summed E-state index contributed by atoms with van der Waals surface area (Å²) in [5.74, 6) is 0.667. The van der Waals surface area contributed by atoms with Gasteiger partial charge in [0.25, 0.3) is 5.89 Å². The van der Waals surface area contributed by atoms with Crippen molar-refractivity contribution in [2.24, 2.45) is 0 Å². The predicted octanol–water partition coefficient (Wildman–Crippen LogP) is 4.07. The predicted molar refractivity (Wildman–Crippen MR) is 104 cm³/mol. The van der Waals surface area contributed by atoms with Crippen molar-refractivity contribution in [3.05, 3.63) is 64.6 Å². The molecule has 0 fully saturated rings. The second-order valence-corrected chi connectivity index (χ2v) is 7.09. The molecule has 10 heteroatoms. The van der Waals surface area contributed by atoms with E-state index in [2.05, 4.69) is 20.5 Å². The normalized spacial score (nSPS) is 15.8. The summed E-state index contributed by atoms with van der Waals surface area (Å²) in [5.41, 5.74) is 2.51. The number of rotatable bonds is 4. The molecular formula is C20H15ClFN5O3. The Morgan fingerprint density at radius 2 is 2.03 bits per heavy atom. The molecule has 0 radical (unpaired) electrons. The van der Waals surface area contributed by atoms with Crippen LogP contribution >= 0.6 is 11.6 Å². The number of hydrogen-bond acceptors (Lipinski definition) is 7. The number of methoxy groups -OCH3 is 1. The van der Waals surface area contributed by atoms with Gasteiger partial charge in [0.05, 0.1) is 36.5 Å². The molecule has 152 valence electrons. The fourth-order valence-corrected chi connectivity index (χ4v) is 3.49. The van der Waals surface area contributed by atoms with E-state index in [0.717, 1.165) is 17.0 Å². The molecule has 0 bridgehead atoms. The van der Waals surface area contributed by atoms with Crippen LogP contribution in [0, 0.1) is 5.82 Å². The van der Waals surface area contributed by atoms with Crippen LogP contribution in [0.15, 0.2) is 47.0 Å². The maximum atomic E-state index is 13.6. The molecule has 30 heavy (non-hydrogen) atoms. The zero-order valence-corrected chi connectivity index (χ0v) is 16.5. The fraction of sp³-hybridized carbons (Fsp3) is 0.200. The average Bonchev–Trinajstić information content (AvgIpc) is 3.42. The number of benzene rings is 2. The number of aromatic nitrogens is 5. The summed E-state index contributed by atoms with van der Waals surface area (Å²) >= 11 is 6.12. The van der Waals surface area contributed by atoms with E-state index in [1.165, 1.54) is 18.2 Å². The molecule has 1 unspecified atom stereocenters. The lowest BCUT2D eigenvalue weighted by Gasteiger charge is -2.24. The third-order valence-corrected chi connectivity index (χ3v) is 5.21. The summed E-state index contributed by atoms with van der Waals surface area (Å²) in [7, 11) is 1.63. The Morgan fingerprint density at radius 3 is 2.83 bits per heavy atom. The lowest BCUT2D eigenvalue weighted by molar-refractivity contribution is -0.00114. The van der Waals surface area contributed by atoms with Gasteiger partial charge in [0.2, 0.25) is 5.82 Å². The third-order valence-electron chi connectivity index (χ3n) is 4.88. The Bertz CT molecular complexity index is 1210. The second-order valence-electron chi connectivity index (χ2n) is 6.69. The van der Waals surface area contributed by atoms with Crippen LogP contribution in [0.5, 0.6) is 5.75 Å².